The van der Waals surface area contributed by atoms with Gasteiger partial charge in [0.05, 0.1) is 25.0 Å². The topological polar surface area (TPSA) is 42.2 Å². The SMILES string of the molecule is CCC[NH+]1CCC(Nc2ncnc3scc(-c4ccccc4)c23)CC1. The summed E-state index contributed by atoms with van der Waals surface area (Å²) in [5, 5.41) is 7.10. The molecule has 1 aliphatic heterocycles. The number of nitrogens with one attached hydrogen (secondary N) is 2. The maximum absolute atomic E-state index is 4.59. The van der Waals surface area contributed by atoms with E-state index in [2.05, 4.69) is 57.9 Å². The Labute approximate surface area is 152 Å². The molecule has 0 saturated carbocycles. The molecule has 1 fully saturated rings. The molecule has 25 heavy (non-hydrogen) atoms. The lowest BCUT2D eigenvalue weighted by Gasteiger charge is -2.30. The molecule has 1 aromatic carbocycles. The molecule has 0 unspecified atom stereocenters. The molecule has 0 bridgehead atoms. The molecule has 0 radical (unpaired) electrons. The van der Waals surface area contributed by atoms with Crippen molar-refractivity contribution < 1.29 is 4.90 Å². The number of aromatic nitrogens is 2. The summed E-state index contributed by atoms with van der Waals surface area (Å²) in [7, 11) is 0. The first-order chi connectivity index (χ1) is 12.3. The van der Waals surface area contributed by atoms with Gasteiger partial charge in [-0.3, -0.25) is 0 Å². The largest absolute Gasteiger partial charge is 0.366 e. The van der Waals surface area contributed by atoms with E-state index in [0.29, 0.717) is 6.04 Å². The van der Waals surface area contributed by atoms with E-state index in [1.54, 1.807) is 22.6 Å². The van der Waals surface area contributed by atoms with Gasteiger partial charge in [0.15, 0.2) is 0 Å². The van der Waals surface area contributed by atoms with Crippen LogP contribution < -0.4 is 10.2 Å². The predicted molar refractivity (Wildman–Crippen MR) is 105 cm³/mol. The summed E-state index contributed by atoms with van der Waals surface area (Å²) in [5.41, 5.74) is 2.46. The molecule has 0 amide bonds. The highest BCUT2D eigenvalue weighted by molar-refractivity contribution is 7.17. The number of anilines is 1. The van der Waals surface area contributed by atoms with Crippen LogP contribution in [0.4, 0.5) is 5.82 Å². The van der Waals surface area contributed by atoms with Crippen molar-refractivity contribution >= 4 is 27.4 Å². The minimum atomic E-state index is 0.516. The van der Waals surface area contributed by atoms with Crippen molar-refractivity contribution in [3.63, 3.8) is 0 Å². The van der Waals surface area contributed by atoms with E-state index in [-0.39, 0.29) is 0 Å². The Morgan fingerprint density at radius 2 is 1.96 bits per heavy atom. The first kappa shape index (κ1) is 16.5. The number of nitrogens with zero attached hydrogens (tertiary/aromatic N) is 2. The zero-order valence-electron chi connectivity index (χ0n) is 14.7. The Bertz CT molecular complexity index is 822. The fourth-order valence-electron chi connectivity index (χ4n) is 3.78. The summed E-state index contributed by atoms with van der Waals surface area (Å²) >= 11 is 1.70. The highest BCUT2D eigenvalue weighted by Crippen LogP contribution is 2.36. The minimum absolute atomic E-state index is 0.516. The van der Waals surface area contributed by atoms with Crippen molar-refractivity contribution in [1.82, 2.24) is 9.97 Å². The van der Waals surface area contributed by atoms with E-state index in [1.165, 1.54) is 55.4 Å². The Morgan fingerprint density at radius 1 is 1.16 bits per heavy atom. The lowest BCUT2D eigenvalue weighted by atomic mass is 10.0. The molecule has 130 valence electrons. The monoisotopic (exact) mass is 353 g/mol. The second kappa shape index (κ2) is 7.50. The second-order valence-electron chi connectivity index (χ2n) is 6.84. The summed E-state index contributed by atoms with van der Waals surface area (Å²) in [4.78, 5) is 11.9. The van der Waals surface area contributed by atoms with Crippen molar-refractivity contribution in [2.75, 3.05) is 25.0 Å². The molecule has 1 saturated heterocycles. The number of fused-ring (bicyclic) bond motifs is 1. The second-order valence-corrected chi connectivity index (χ2v) is 7.69. The van der Waals surface area contributed by atoms with Gasteiger partial charge in [0.1, 0.15) is 17.0 Å². The van der Waals surface area contributed by atoms with Crippen molar-refractivity contribution in [1.29, 1.82) is 0 Å². The maximum atomic E-state index is 4.59. The molecule has 2 N–H and O–H groups in total. The standard InChI is InChI=1S/C20H24N4S/c1-2-10-24-11-8-16(9-12-24)23-19-18-17(15-6-4-3-5-7-15)13-25-20(18)22-14-21-19/h3-7,13-14,16H,2,8-12H2,1H3,(H,21,22,23)/p+1. The average Bonchev–Trinajstić information content (AvgIpc) is 3.10. The van der Waals surface area contributed by atoms with Crippen LogP contribution in [-0.2, 0) is 0 Å². The number of piperidine rings is 1. The molecular formula is C20H25N4S+. The van der Waals surface area contributed by atoms with Gasteiger partial charge >= 0.3 is 0 Å². The highest BCUT2D eigenvalue weighted by Gasteiger charge is 2.23. The summed E-state index contributed by atoms with van der Waals surface area (Å²) in [6, 6.07) is 11.1. The molecule has 4 rings (SSSR count). The molecule has 4 nitrogen and oxygen atoms in total. The number of quaternary nitrogens is 1. The summed E-state index contributed by atoms with van der Waals surface area (Å²) in [6.45, 7) is 6.09. The highest BCUT2D eigenvalue weighted by atomic mass is 32.1. The number of benzene rings is 1. The number of likely N-dealkylation sites (tertiary alicyclic amines) is 1. The van der Waals surface area contributed by atoms with Crippen molar-refractivity contribution in [2.24, 2.45) is 0 Å². The Morgan fingerprint density at radius 3 is 2.72 bits per heavy atom. The Balaban J connectivity index is 1.59. The van der Waals surface area contributed by atoms with Gasteiger partial charge in [-0.05, 0) is 12.0 Å². The van der Waals surface area contributed by atoms with E-state index < -0.39 is 0 Å². The van der Waals surface area contributed by atoms with Crippen LogP contribution in [0.1, 0.15) is 26.2 Å². The number of thiophene rings is 1. The van der Waals surface area contributed by atoms with E-state index in [1.807, 2.05) is 0 Å². The molecule has 0 aliphatic carbocycles. The maximum Gasteiger partial charge on any atom is 0.139 e. The molecule has 2 aromatic heterocycles. The van der Waals surface area contributed by atoms with Gasteiger partial charge in [0.25, 0.3) is 0 Å². The summed E-state index contributed by atoms with van der Waals surface area (Å²) < 4.78 is 0. The normalized spacial score (nSPS) is 20.7. The van der Waals surface area contributed by atoms with E-state index >= 15 is 0 Å². The number of hydrogen-bond donors (Lipinski definition) is 2. The molecule has 3 heterocycles. The lowest BCUT2D eigenvalue weighted by molar-refractivity contribution is -0.905. The van der Waals surface area contributed by atoms with Gasteiger partial charge in [-0.15, -0.1) is 11.3 Å². The van der Waals surface area contributed by atoms with Crippen molar-refractivity contribution in [3.8, 4) is 11.1 Å². The average molecular weight is 354 g/mol. The molecule has 0 atom stereocenters. The first-order valence-electron chi connectivity index (χ1n) is 9.23. The summed E-state index contributed by atoms with van der Waals surface area (Å²) in [6.07, 6.45) is 5.39. The van der Waals surface area contributed by atoms with Gasteiger partial charge in [-0.25, -0.2) is 9.97 Å². The van der Waals surface area contributed by atoms with Crippen LogP contribution in [0.25, 0.3) is 21.3 Å². The van der Waals surface area contributed by atoms with Crippen LogP contribution in [-0.4, -0.2) is 35.6 Å². The zero-order chi connectivity index (χ0) is 17.1. The third-order valence-electron chi connectivity index (χ3n) is 5.09. The van der Waals surface area contributed by atoms with Gasteiger partial charge in [0, 0.05) is 29.8 Å². The van der Waals surface area contributed by atoms with Gasteiger partial charge < -0.3 is 10.2 Å². The molecule has 3 aromatic rings. The fourth-order valence-corrected chi connectivity index (χ4v) is 4.70. The molecule has 5 heteroatoms. The Kier molecular flexibility index (Phi) is 4.95. The van der Waals surface area contributed by atoms with Crippen molar-refractivity contribution in [2.45, 2.75) is 32.2 Å². The smallest absolute Gasteiger partial charge is 0.139 e. The predicted octanol–water partition coefficient (Wildman–Crippen LogP) is 3.23. The van der Waals surface area contributed by atoms with Crippen LogP contribution in [0.2, 0.25) is 0 Å². The molecule has 1 aliphatic rings. The molecular weight excluding hydrogens is 328 g/mol. The van der Waals surface area contributed by atoms with E-state index in [4.69, 9.17) is 0 Å². The van der Waals surface area contributed by atoms with Crippen LogP contribution in [0.5, 0.6) is 0 Å². The Hall–Kier alpha value is -1.98. The van der Waals surface area contributed by atoms with Gasteiger partial charge in [0.2, 0.25) is 0 Å². The van der Waals surface area contributed by atoms with Gasteiger partial charge in [-0.1, -0.05) is 37.3 Å². The number of hydrogen-bond acceptors (Lipinski definition) is 4. The van der Waals surface area contributed by atoms with Crippen LogP contribution >= 0.6 is 11.3 Å². The first-order valence-corrected chi connectivity index (χ1v) is 10.1. The molecule has 0 spiro atoms. The van der Waals surface area contributed by atoms with Crippen LogP contribution in [0.3, 0.4) is 0 Å². The minimum Gasteiger partial charge on any atom is -0.366 e. The van der Waals surface area contributed by atoms with E-state index in [9.17, 15) is 0 Å². The van der Waals surface area contributed by atoms with Crippen molar-refractivity contribution in [3.05, 3.63) is 42.0 Å². The van der Waals surface area contributed by atoms with Crippen LogP contribution in [0.15, 0.2) is 42.0 Å². The fraction of sp³-hybridized carbons (Fsp3) is 0.400. The summed E-state index contributed by atoms with van der Waals surface area (Å²) in [5.74, 6) is 0.994. The number of rotatable bonds is 5. The van der Waals surface area contributed by atoms with E-state index in [0.717, 1.165) is 10.6 Å². The third kappa shape index (κ3) is 3.53. The third-order valence-corrected chi connectivity index (χ3v) is 5.98. The quantitative estimate of drug-likeness (QED) is 0.740. The lowest BCUT2D eigenvalue weighted by Crippen LogP contribution is -3.13. The van der Waals surface area contributed by atoms with Crippen LogP contribution in [0, 0.1) is 0 Å². The van der Waals surface area contributed by atoms with Gasteiger partial charge in [-0.2, -0.15) is 0 Å². The zero-order valence-corrected chi connectivity index (χ0v) is 15.5.